The molecule has 100 valence electrons. The minimum Gasteiger partial charge on any atom is -0.320 e. The van der Waals surface area contributed by atoms with E-state index < -0.39 is 21.9 Å². The Morgan fingerprint density at radius 1 is 1.44 bits per heavy atom. The molecule has 1 aromatic heterocycles. The highest BCUT2D eigenvalue weighted by atomic mass is 32.2. The Labute approximate surface area is 107 Å². The van der Waals surface area contributed by atoms with Crippen LogP contribution in [0.1, 0.15) is 20.3 Å². The minimum absolute atomic E-state index is 0.258. The highest BCUT2D eigenvalue weighted by Gasteiger charge is 2.17. The maximum absolute atomic E-state index is 12.1. The summed E-state index contributed by atoms with van der Waals surface area (Å²) in [6.07, 6.45) is 3.36. The van der Waals surface area contributed by atoms with E-state index in [9.17, 15) is 9.00 Å². The van der Waals surface area contributed by atoms with Crippen LogP contribution in [0.2, 0.25) is 0 Å². The second-order valence-corrected chi connectivity index (χ2v) is 6.21. The van der Waals surface area contributed by atoms with E-state index in [2.05, 4.69) is 9.35 Å². The summed E-state index contributed by atoms with van der Waals surface area (Å²) in [5.41, 5.74) is 5.67. The van der Waals surface area contributed by atoms with Gasteiger partial charge in [-0.3, -0.25) is 9.78 Å². The Morgan fingerprint density at radius 3 is 2.50 bits per heavy atom. The maximum Gasteiger partial charge on any atom is 0.271 e. The van der Waals surface area contributed by atoms with E-state index in [1.807, 2.05) is 13.8 Å². The van der Waals surface area contributed by atoms with Gasteiger partial charge in [0.1, 0.15) is 9.92 Å². The first-order chi connectivity index (χ1) is 8.33. The van der Waals surface area contributed by atoms with Crippen LogP contribution in [0.15, 0.2) is 33.8 Å². The van der Waals surface area contributed by atoms with Gasteiger partial charge in [-0.25, -0.2) is 9.35 Å². The molecular formula is C11H18N4O2S. The number of rotatable bonds is 4. The van der Waals surface area contributed by atoms with Crippen molar-refractivity contribution < 1.29 is 9.00 Å². The van der Waals surface area contributed by atoms with Gasteiger partial charge in [-0.2, -0.15) is 0 Å². The second-order valence-electron chi connectivity index (χ2n) is 4.42. The van der Waals surface area contributed by atoms with Crippen molar-refractivity contribution in [2.24, 2.45) is 21.2 Å². The molecule has 0 aliphatic heterocycles. The number of amides is 1. The van der Waals surface area contributed by atoms with Crippen molar-refractivity contribution in [1.29, 1.82) is 0 Å². The van der Waals surface area contributed by atoms with E-state index in [4.69, 9.17) is 10.9 Å². The number of carbonyl (C=O) groups excluding carboxylic acids is 1. The van der Waals surface area contributed by atoms with Crippen LogP contribution < -0.4 is 10.9 Å². The Hall–Kier alpha value is -1.31. The molecule has 1 rings (SSSR count). The summed E-state index contributed by atoms with van der Waals surface area (Å²) in [5, 5.41) is 5.56. The smallest absolute Gasteiger partial charge is 0.271 e. The molecule has 7 heteroatoms. The van der Waals surface area contributed by atoms with Crippen LogP contribution in [-0.4, -0.2) is 21.1 Å². The lowest BCUT2D eigenvalue weighted by Crippen LogP contribution is -2.32. The number of aromatic nitrogens is 1. The number of nitrogens with two attached hydrogens (primary N) is 2. The van der Waals surface area contributed by atoms with Gasteiger partial charge in [0.25, 0.3) is 5.91 Å². The highest BCUT2D eigenvalue weighted by molar-refractivity contribution is 7.91. The number of hydrogen-bond donors (Lipinski definition) is 2. The first-order valence-electron chi connectivity index (χ1n) is 5.57. The molecule has 1 unspecified atom stereocenters. The van der Waals surface area contributed by atoms with Gasteiger partial charge in [0.15, 0.2) is 0 Å². The number of carbonyl (C=O) groups is 1. The van der Waals surface area contributed by atoms with E-state index in [1.54, 1.807) is 0 Å². The molecule has 6 nitrogen and oxygen atoms in total. The van der Waals surface area contributed by atoms with Crippen LogP contribution in [0.4, 0.5) is 0 Å². The summed E-state index contributed by atoms with van der Waals surface area (Å²) in [5.74, 6) is -0.373. The molecule has 1 amide bonds. The van der Waals surface area contributed by atoms with Gasteiger partial charge in [-0.05, 0) is 24.5 Å². The van der Waals surface area contributed by atoms with Gasteiger partial charge >= 0.3 is 0 Å². The van der Waals surface area contributed by atoms with Gasteiger partial charge in [-0.1, -0.05) is 13.8 Å². The Morgan fingerprint density at radius 2 is 2.00 bits per heavy atom. The summed E-state index contributed by atoms with van der Waals surface area (Å²) >= 11 is 0. The second kappa shape index (κ2) is 6.03. The average Bonchev–Trinajstić information content (AvgIpc) is 2.28. The Kier molecular flexibility index (Phi) is 4.94. The third-order valence-corrected chi connectivity index (χ3v) is 3.65. The lowest BCUT2D eigenvalue weighted by Gasteiger charge is -2.10. The van der Waals surface area contributed by atoms with Crippen molar-refractivity contribution in [3.05, 3.63) is 24.5 Å². The van der Waals surface area contributed by atoms with Crippen molar-refractivity contribution in [2.75, 3.05) is 0 Å². The highest BCUT2D eigenvalue weighted by Crippen LogP contribution is 2.09. The largest absolute Gasteiger partial charge is 0.320 e. The van der Waals surface area contributed by atoms with E-state index in [1.165, 1.54) is 24.5 Å². The first-order valence-corrected chi connectivity index (χ1v) is 7.15. The van der Waals surface area contributed by atoms with Crippen LogP contribution in [0.3, 0.4) is 0 Å². The summed E-state index contributed by atoms with van der Waals surface area (Å²) in [6.45, 7) is 3.88. The molecule has 2 atom stereocenters. The fourth-order valence-electron chi connectivity index (χ4n) is 1.40. The molecule has 0 fully saturated rings. The van der Waals surface area contributed by atoms with Crippen LogP contribution >= 0.6 is 0 Å². The fourth-order valence-corrected chi connectivity index (χ4v) is 2.42. The van der Waals surface area contributed by atoms with Crippen LogP contribution in [-0.2, 0) is 14.7 Å². The van der Waals surface area contributed by atoms with Crippen LogP contribution in [0, 0.1) is 5.92 Å². The number of hydrogen-bond acceptors (Lipinski definition) is 4. The van der Waals surface area contributed by atoms with Crippen molar-refractivity contribution >= 4 is 15.8 Å². The molecule has 1 heterocycles. The quantitative estimate of drug-likeness (QED) is 0.837. The van der Waals surface area contributed by atoms with Gasteiger partial charge in [0, 0.05) is 12.4 Å². The predicted molar refractivity (Wildman–Crippen MR) is 69.7 cm³/mol. The lowest BCUT2D eigenvalue weighted by molar-refractivity contribution is -0.119. The standard InChI is InChI=1S/C11H18N4O2S/c1-8(2)7-10(12)11(16)15-18(13,17)9-3-5-14-6-4-9/h3-6,8,10H,7,12H2,1-2H3,(H2,13,15,16,17)/t10-,18?/m0/s1. The average molecular weight is 270 g/mol. The molecule has 18 heavy (non-hydrogen) atoms. The van der Waals surface area contributed by atoms with Gasteiger partial charge in [0.05, 0.1) is 10.9 Å². The molecule has 0 saturated heterocycles. The van der Waals surface area contributed by atoms with Crippen LogP contribution in [0.25, 0.3) is 0 Å². The van der Waals surface area contributed by atoms with Crippen LogP contribution in [0.5, 0.6) is 0 Å². The molecule has 4 N–H and O–H groups in total. The Balaban J connectivity index is 2.95. The molecule has 0 aliphatic carbocycles. The molecule has 0 spiro atoms. The molecule has 0 radical (unpaired) electrons. The monoisotopic (exact) mass is 270 g/mol. The zero-order valence-corrected chi connectivity index (χ0v) is 11.3. The minimum atomic E-state index is -3.23. The number of nitrogens with zero attached hydrogens (tertiary/aromatic N) is 2. The van der Waals surface area contributed by atoms with E-state index in [-0.39, 0.29) is 10.8 Å². The summed E-state index contributed by atoms with van der Waals surface area (Å²) in [7, 11) is -3.23. The van der Waals surface area contributed by atoms with E-state index in [0.717, 1.165) is 0 Å². The lowest BCUT2D eigenvalue weighted by atomic mass is 10.0. The van der Waals surface area contributed by atoms with E-state index >= 15 is 0 Å². The molecule has 0 aliphatic rings. The molecular weight excluding hydrogens is 252 g/mol. The van der Waals surface area contributed by atoms with Gasteiger partial charge in [-0.15, -0.1) is 4.36 Å². The topological polar surface area (TPSA) is 111 Å². The first kappa shape index (κ1) is 14.7. The van der Waals surface area contributed by atoms with Crippen molar-refractivity contribution in [1.82, 2.24) is 4.98 Å². The molecule has 0 saturated carbocycles. The van der Waals surface area contributed by atoms with Crippen molar-refractivity contribution in [3.8, 4) is 0 Å². The fraction of sp³-hybridized carbons (Fsp3) is 0.455. The van der Waals surface area contributed by atoms with Gasteiger partial charge < -0.3 is 5.73 Å². The molecule has 0 aromatic carbocycles. The SMILES string of the molecule is CC(C)C[C@H](N)C(=O)N=S(N)(=O)c1ccncc1. The molecule has 0 bridgehead atoms. The van der Waals surface area contributed by atoms with Gasteiger partial charge in [0.2, 0.25) is 0 Å². The van der Waals surface area contributed by atoms with E-state index in [0.29, 0.717) is 6.42 Å². The summed E-state index contributed by atoms with van der Waals surface area (Å²) in [4.78, 5) is 15.7. The third kappa shape index (κ3) is 4.17. The maximum atomic E-state index is 12.1. The van der Waals surface area contributed by atoms with Crippen molar-refractivity contribution in [3.63, 3.8) is 0 Å². The molecule has 1 aromatic rings. The van der Waals surface area contributed by atoms with Crippen molar-refractivity contribution in [2.45, 2.75) is 31.2 Å². The number of pyridine rings is 1. The predicted octanol–water partition coefficient (Wildman–Crippen LogP) is 0.682. The normalized spacial score (nSPS) is 16.1. The third-order valence-electron chi connectivity index (χ3n) is 2.26. The summed E-state index contributed by atoms with van der Waals surface area (Å²) in [6, 6.07) is 2.16. The zero-order chi connectivity index (χ0) is 13.8. The zero-order valence-electron chi connectivity index (χ0n) is 10.4. The summed E-state index contributed by atoms with van der Waals surface area (Å²) < 4.78 is 15.6. The Bertz CT molecular complexity index is 521.